The van der Waals surface area contributed by atoms with Gasteiger partial charge in [0.2, 0.25) is 5.91 Å². The van der Waals surface area contributed by atoms with E-state index >= 15 is 0 Å². The first-order valence-electron chi connectivity index (χ1n) is 6.63. The Balaban J connectivity index is 2.00. The van der Waals surface area contributed by atoms with Gasteiger partial charge >= 0.3 is 0 Å². The van der Waals surface area contributed by atoms with E-state index in [1.54, 1.807) is 0 Å². The number of benzene rings is 1. The Kier molecular flexibility index (Phi) is 3.29. The predicted octanol–water partition coefficient (Wildman–Crippen LogP) is 3.54. The molecule has 1 amide bonds. The molecule has 1 unspecified atom stereocenters. The van der Waals surface area contributed by atoms with Gasteiger partial charge in [-0.2, -0.15) is 0 Å². The van der Waals surface area contributed by atoms with E-state index in [1.807, 2.05) is 12.1 Å². The van der Waals surface area contributed by atoms with Gasteiger partial charge < -0.3 is 10.2 Å². The maximum absolute atomic E-state index is 12.2. The van der Waals surface area contributed by atoms with Gasteiger partial charge in [0.25, 0.3) is 0 Å². The molecule has 1 atom stereocenters. The van der Waals surface area contributed by atoms with Crippen LogP contribution in [0, 0.1) is 0 Å². The number of carbonyl (C=O) groups is 1. The first-order chi connectivity index (χ1) is 8.75. The molecule has 0 bridgehead atoms. The minimum absolute atomic E-state index is 0.0205. The van der Waals surface area contributed by atoms with Gasteiger partial charge in [-0.05, 0) is 31.0 Å². The van der Waals surface area contributed by atoms with Crippen molar-refractivity contribution < 1.29 is 4.79 Å². The average molecular weight is 309 g/mol. The summed E-state index contributed by atoms with van der Waals surface area (Å²) in [5.41, 5.74) is 2.11. The van der Waals surface area contributed by atoms with Crippen molar-refractivity contribution in [1.29, 1.82) is 0 Å². The van der Waals surface area contributed by atoms with E-state index in [1.165, 1.54) is 19.3 Å². The second kappa shape index (κ2) is 4.92. The van der Waals surface area contributed by atoms with E-state index in [0.29, 0.717) is 0 Å². The van der Waals surface area contributed by atoms with Crippen LogP contribution >= 0.6 is 15.9 Å². The molecule has 4 heteroatoms. The van der Waals surface area contributed by atoms with Gasteiger partial charge in [-0.1, -0.05) is 35.2 Å². The van der Waals surface area contributed by atoms with Crippen molar-refractivity contribution in [2.75, 3.05) is 16.8 Å². The Hall–Kier alpha value is -1.03. The Morgan fingerprint density at radius 2 is 2.06 bits per heavy atom. The van der Waals surface area contributed by atoms with Crippen molar-refractivity contribution in [3.8, 4) is 0 Å². The Bertz CT molecular complexity index is 475. The fraction of sp³-hybridized carbons (Fsp3) is 0.500. The number of anilines is 2. The molecule has 1 saturated heterocycles. The normalized spacial score (nSPS) is 23.5. The second-order valence-electron chi connectivity index (χ2n) is 5.06. The largest absolute Gasteiger partial charge is 0.358 e. The number of halogens is 1. The first kappa shape index (κ1) is 12.0. The van der Waals surface area contributed by atoms with Gasteiger partial charge in [0.1, 0.15) is 6.04 Å². The average Bonchev–Trinajstić information content (AvgIpc) is 2.30. The van der Waals surface area contributed by atoms with Gasteiger partial charge in [-0.15, -0.1) is 0 Å². The monoisotopic (exact) mass is 308 g/mol. The third-order valence-electron chi connectivity index (χ3n) is 3.83. The third kappa shape index (κ3) is 2.14. The maximum Gasteiger partial charge on any atom is 0.247 e. The molecule has 1 N–H and O–H groups in total. The number of nitrogens with zero attached hydrogens (tertiary/aromatic N) is 1. The maximum atomic E-state index is 12.2. The van der Waals surface area contributed by atoms with Crippen LogP contribution in [0.25, 0.3) is 0 Å². The molecule has 2 aliphatic rings. The van der Waals surface area contributed by atoms with Crippen LogP contribution in [0.4, 0.5) is 11.4 Å². The van der Waals surface area contributed by atoms with Crippen LogP contribution in [-0.4, -0.2) is 18.5 Å². The quantitative estimate of drug-likeness (QED) is 0.795. The van der Waals surface area contributed by atoms with E-state index in [9.17, 15) is 4.79 Å². The highest BCUT2D eigenvalue weighted by atomic mass is 79.9. The predicted molar refractivity (Wildman–Crippen MR) is 77.0 cm³/mol. The van der Waals surface area contributed by atoms with Gasteiger partial charge in [0.05, 0.1) is 11.4 Å². The highest BCUT2D eigenvalue weighted by molar-refractivity contribution is 9.10. The minimum atomic E-state index is 0.0205. The summed E-state index contributed by atoms with van der Waals surface area (Å²) in [6.07, 6.45) is 5.82. The molecule has 96 valence electrons. The fourth-order valence-electron chi connectivity index (χ4n) is 2.91. The molecule has 2 aliphatic heterocycles. The van der Waals surface area contributed by atoms with Crippen molar-refractivity contribution in [2.45, 2.75) is 38.1 Å². The molecule has 2 heterocycles. The van der Waals surface area contributed by atoms with Crippen molar-refractivity contribution in [3.63, 3.8) is 0 Å². The standard InChI is InChI=1S/C14H17BrN2O/c15-10-6-7-11-13(9-10)17-8-4-2-1-3-5-12(17)14(18)16-11/h6-7,9,12H,1-5,8H2,(H,16,18). The van der Waals surface area contributed by atoms with Crippen molar-refractivity contribution in [2.24, 2.45) is 0 Å². The molecule has 1 fully saturated rings. The number of amides is 1. The molecular formula is C14H17BrN2O. The fourth-order valence-corrected chi connectivity index (χ4v) is 3.26. The smallest absolute Gasteiger partial charge is 0.247 e. The van der Waals surface area contributed by atoms with E-state index in [2.05, 4.69) is 32.2 Å². The molecule has 1 aromatic carbocycles. The molecule has 3 rings (SSSR count). The SMILES string of the molecule is O=C1Nc2ccc(Br)cc2N2CCCCCCC12. The zero-order chi connectivity index (χ0) is 12.5. The topological polar surface area (TPSA) is 32.3 Å². The van der Waals surface area contributed by atoms with Crippen LogP contribution in [0.2, 0.25) is 0 Å². The molecule has 0 aliphatic carbocycles. The zero-order valence-electron chi connectivity index (χ0n) is 10.3. The van der Waals surface area contributed by atoms with E-state index < -0.39 is 0 Å². The van der Waals surface area contributed by atoms with Crippen LogP contribution in [0.15, 0.2) is 22.7 Å². The van der Waals surface area contributed by atoms with E-state index in [-0.39, 0.29) is 11.9 Å². The highest BCUT2D eigenvalue weighted by Gasteiger charge is 2.32. The van der Waals surface area contributed by atoms with Crippen molar-refractivity contribution >= 4 is 33.2 Å². The molecule has 18 heavy (non-hydrogen) atoms. The molecule has 1 aromatic rings. The van der Waals surface area contributed by atoms with Crippen molar-refractivity contribution in [1.82, 2.24) is 0 Å². The zero-order valence-corrected chi connectivity index (χ0v) is 11.9. The second-order valence-corrected chi connectivity index (χ2v) is 5.98. The number of rotatable bonds is 0. The number of hydrogen-bond donors (Lipinski definition) is 1. The first-order valence-corrected chi connectivity index (χ1v) is 7.42. The number of fused-ring (bicyclic) bond motifs is 3. The van der Waals surface area contributed by atoms with E-state index in [4.69, 9.17) is 0 Å². The molecule has 3 nitrogen and oxygen atoms in total. The lowest BCUT2D eigenvalue weighted by Crippen LogP contribution is -2.49. The van der Waals surface area contributed by atoms with Gasteiger partial charge in [0, 0.05) is 11.0 Å². The van der Waals surface area contributed by atoms with Crippen molar-refractivity contribution in [3.05, 3.63) is 22.7 Å². The van der Waals surface area contributed by atoms with Crippen LogP contribution in [0.5, 0.6) is 0 Å². The van der Waals surface area contributed by atoms with Gasteiger partial charge in [-0.3, -0.25) is 4.79 Å². The summed E-state index contributed by atoms with van der Waals surface area (Å²) in [4.78, 5) is 14.5. The van der Waals surface area contributed by atoms with Crippen LogP contribution in [-0.2, 0) is 4.79 Å². The number of hydrogen-bond acceptors (Lipinski definition) is 2. The molecular weight excluding hydrogens is 292 g/mol. The molecule has 0 radical (unpaired) electrons. The molecule has 0 spiro atoms. The third-order valence-corrected chi connectivity index (χ3v) is 4.33. The number of nitrogens with one attached hydrogen (secondary N) is 1. The molecule has 0 aromatic heterocycles. The Morgan fingerprint density at radius 1 is 1.22 bits per heavy atom. The summed E-state index contributed by atoms with van der Waals surface area (Å²) >= 11 is 3.52. The summed E-state index contributed by atoms with van der Waals surface area (Å²) < 4.78 is 1.07. The molecule has 0 saturated carbocycles. The summed E-state index contributed by atoms with van der Waals surface area (Å²) in [5, 5.41) is 3.03. The van der Waals surface area contributed by atoms with Crippen LogP contribution in [0.1, 0.15) is 32.1 Å². The van der Waals surface area contributed by atoms with E-state index in [0.717, 1.165) is 35.2 Å². The Morgan fingerprint density at radius 3 is 2.94 bits per heavy atom. The summed E-state index contributed by atoms with van der Waals surface area (Å²) in [7, 11) is 0. The highest BCUT2D eigenvalue weighted by Crippen LogP contribution is 2.36. The lowest BCUT2D eigenvalue weighted by Gasteiger charge is -2.39. The summed E-state index contributed by atoms with van der Waals surface area (Å²) in [6.45, 7) is 0.988. The van der Waals surface area contributed by atoms with Gasteiger partial charge in [0.15, 0.2) is 0 Å². The Labute approximate surface area is 116 Å². The van der Waals surface area contributed by atoms with Crippen LogP contribution < -0.4 is 10.2 Å². The lowest BCUT2D eigenvalue weighted by molar-refractivity contribution is -0.117. The van der Waals surface area contributed by atoms with Crippen LogP contribution in [0.3, 0.4) is 0 Å². The minimum Gasteiger partial charge on any atom is -0.358 e. The lowest BCUT2D eigenvalue weighted by atomic mass is 9.98. The van der Waals surface area contributed by atoms with Gasteiger partial charge in [-0.25, -0.2) is 0 Å². The number of carbonyl (C=O) groups excluding carboxylic acids is 1. The summed E-state index contributed by atoms with van der Waals surface area (Å²) in [6, 6.07) is 6.09. The summed E-state index contributed by atoms with van der Waals surface area (Å²) in [5.74, 6) is 0.159.